The van der Waals surface area contributed by atoms with Crippen molar-refractivity contribution >= 4 is 39.0 Å². The SMILES string of the molecule is C=C(CCC(=O)OC)C(=C)C/C(C=O)=C\[C@H]1O[C@@H]1C1=C[Si](c2ccccc2)(c2ccccc2)O[C@H](/C=C/C/C=C(/C(=C)C)[Si](C)(C)C)C1. The van der Waals surface area contributed by atoms with Crippen LogP contribution in [-0.4, -0.2) is 54.1 Å². The van der Waals surface area contributed by atoms with Gasteiger partial charge in [-0.05, 0) is 59.4 Å². The lowest BCUT2D eigenvalue weighted by Crippen LogP contribution is -2.62. The fourth-order valence-electron chi connectivity index (χ4n) is 6.35. The number of aldehydes is 1. The van der Waals surface area contributed by atoms with Crippen LogP contribution in [0, 0.1) is 0 Å². The van der Waals surface area contributed by atoms with Crippen LogP contribution in [0.4, 0.5) is 0 Å². The van der Waals surface area contributed by atoms with Crippen molar-refractivity contribution in [1.82, 2.24) is 0 Å². The van der Waals surface area contributed by atoms with Crippen LogP contribution in [0.5, 0.6) is 0 Å². The van der Waals surface area contributed by atoms with Crippen LogP contribution >= 0.6 is 0 Å². The molecule has 0 unspecified atom stereocenters. The number of methoxy groups -OCH3 is 1. The standard InChI is InChI=1S/C41H50O5Si2/c1-30(2)39(47(6,7)8)22-16-15-17-35-27-34(29-48(46-35,36-18-11-9-12-19-36)37-20-13-10-14-21-37)41-38(45-41)26-33(28-42)25-32(4)31(3)23-24-40(43)44-5/h9-15,17-22,26,28-29,35,38,41H,1,3-4,16,23-25,27H2,2,5-8H3/b17-15+,33-26+,39-22-/t35-,38-,41-/m1/s1. The van der Waals surface area contributed by atoms with E-state index >= 15 is 0 Å². The maximum atomic E-state index is 12.1. The highest BCUT2D eigenvalue weighted by atomic mass is 28.4. The van der Waals surface area contributed by atoms with Gasteiger partial charge in [0.25, 0.3) is 8.32 Å². The third-order valence-corrected chi connectivity index (χ3v) is 14.9. The smallest absolute Gasteiger partial charge is 0.305 e. The van der Waals surface area contributed by atoms with E-state index in [0.29, 0.717) is 24.8 Å². The number of hydrogen-bond acceptors (Lipinski definition) is 5. The van der Waals surface area contributed by atoms with E-state index in [2.05, 4.69) is 119 Å². The Morgan fingerprint density at radius 2 is 1.60 bits per heavy atom. The average molecular weight is 679 g/mol. The van der Waals surface area contributed by atoms with E-state index in [0.717, 1.165) is 29.4 Å². The third kappa shape index (κ3) is 9.60. The minimum absolute atomic E-state index is 0.136. The summed E-state index contributed by atoms with van der Waals surface area (Å²) in [6.45, 7) is 21.6. The van der Waals surface area contributed by atoms with Crippen LogP contribution in [-0.2, 0) is 23.5 Å². The Morgan fingerprint density at radius 3 is 2.15 bits per heavy atom. The Balaban J connectivity index is 1.63. The molecule has 2 aromatic carbocycles. The summed E-state index contributed by atoms with van der Waals surface area (Å²) in [5.74, 6) is -0.299. The van der Waals surface area contributed by atoms with E-state index in [1.54, 1.807) is 0 Å². The largest absolute Gasteiger partial charge is 0.469 e. The van der Waals surface area contributed by atoms with Crippen LogP contribution < -0.4 is 10.4 Å². The summed E-state index contributed by atoms with van der Waals surface area (Å²) in [4.78, 5) is 23.7. The van der Waals surface area contributed by atoms with Crippen molar-refractivity contribution < 1.29 is 23.5 Å². The van der Waals surface area contributed by atoms with Crippen LogP contribution in [0.25, 0.3) is 0 Å². The molecule has 2 aliphatic rings. The van der Waals surface area contributed by atoms with Gasteiger partial charge in [0.2, 0.25) is 0 Å². The second kappa shape index (κ2) is 16.5. The maximum Gasteiger partial charge on any atom is 0.305 e. The molecular weight excluding hydrogens is 629 g/mol. The van der Waals surface area contributed by atoms with E-state index < -0.39 is 16.4 Å². The third-order valence-electron chi connectivity index (χ3n) is 8.84. The van der Waals surface area contributed by atoms with Gasteiger partial charge < -0.3 is 13.9 Å². The van der Waals surface area contributed by atoms with Gasteiger partial charge in [0.05, 0.1) is 21.3 Å². The molecule has 5 nitrogen and oxygen atoms in total. The van der Waals surface area contributed by atoms with Gasteiger partial charge in [-0.1, -0.05) is 140 Å². The fourth-order valence-corrected chi connectivity index (χ4v) is 12.2. The average Bonchev–Trinajstić information content (AvgIpc) is 3.85. The van der Waals surface area contributed by atoms with Gasteiger partial charge in [0.15, 0.2) is 0 Å². The van der Waals surface area contributed by atoms with Crippen molar-refractivity contribution in [2.45, 2.75) is 77.0 Å². The molecule has 2 aromatic rings. The number of carbonyl (C=O) groups is 2. The summed E-state index contributed by atoms with van der Waals surface area (Å²) in [7, 11) is -2.96. The molecule has 2 heterocycles. The van der Waals surface area contributed by atoms with Crippen molar-refractivity contribution in [1.29, 1.82) is 0 Å². The first-order chi connectivity index (χ1) is 22.9. The molecule has 3 atom stereocenters. The Morgan fingerprint density at radius 1 is 0.979 bits per heavy atom. The molecule has 0 bridgehead atoms. The summed E-state index contributed by atoms with van der Waals surface area (Å²) < 4.78 is 18.2. The molecule has 4 rings (SSSR count). The van der Waals surface area contributed by atoms with E-state index in [4.69, 9.17) is 13.9 Å². The lowest BCUT2D eigenvalue weighted by Gasteiger charge is -2.38. The van der Waals surface area contributed by atoms with Crippen LogP contribution in [0.3, 0.4) is 0 Å². The second-order valence-corrected chi connectivity index (χ2v) is 21.9. The molecule has 252 valence electrons. The van der Waals surface area contributed by atoms with Gasteiger partial charge >= 0.3 is 5.97 Å². The zero-order valence-electron chi connectivity index (χ0n) is 29.2. The number of ether oxygens (including phenoxy) is 2. The van der Waals surface area contributed by atoms with Gasteiger partial charge in [-0.2, -0.15) is 0 Å². The van der Waals surface area contributed by atoms with Crippen LogP contribution in [0.15, 0.2) is 143 Å². The first kappa shape index (κ1) is 36.9. The molecule has 1 saturated heterocycles. The Bertz CT molecular complexity index is 1590. The number of hydrogen-bond donors (Lipinski definition) is 0. The van der Waals surface area contributed by atoms with E-state index in [9.17, 15) is 9.59 Å². The maximum absolute atomic E-state index is 12.1. The van der Waals surface area contributed by atoms with Gasteiger partial charge in [-0.25, -0.2) is 0 Å². The van der Waals surface area contributed by atoms with E-state index in [-0.39, 0.29) is 30.7 Å². The summed E-state index contributed by atoms with van der Waals surface area (Å²) in [5.41, 5.74) is 6.76. The topological polar surface area (TPSA) is 65.1 Å². The fraction of sp³-hybridized carbons (Fsp3) is 0.317. The highest BCUT2D eigenvalue weighted by Crippen LogP contribution is 2.38. The van der Waals surface area contributed by atoms with Crippen molar-refractivity contribution in [2.75, 3.05) is 7.11 Å². The molecule has 0 saturated carbocycles. The normalized spacial score (nSPS) is 20.9. The molecule has 1 fully saturated rings. The number of benzene rings is 2. The highest BCUT2D eigenvalue weighted by Gasteiger charge is 2.48. The molecule has 0 spiro atoms. The van der Waals surface area contributed by atoms with Crippen molar-refractivity contribution in [3.8, 4) is 0 Å². The van der Waals surface area contributed by atoms with E-state index in [1.807, 2.05) is 18.2 Å². The van der Waals surface area contributed by atoms with Gasteiger partial charge in [0, 0.05) is 12.8 Å². The molecule has 0 N–H and O–H groups in total. The molecule has 48 heavy (non-hydrogen) atoms. The first-order valence-corrected chi connectivity index (χ1v) is 22.1. The molecule has 0 radical (unpaired) electrons. The zero-order chi connectivity index (χ0) is 34.9. The van der Waals surface area contributed by atoms with Crippen LogP contribution in [0.2, 0.25) is 19.6 Å². The summed E-state index contributed by atoms with van der Waals surface area (Å²) in [6, 6.07) is 21.1. The van der Waals surface area contributed by atoms with Gasteiger partial charge in [-0.3, -0.25) is 9.59 Å². The quantitative estimate of drug-likeness (QED) is 0.0347. The number of allylic oxidation sites excluding steroid dienone is 7. The summed E-state index contributed by atoms with van der Waals surface area (Å²) in [5, 5.41) is 3.76. The minimum Gasteiger partial charge on any atom is -0.469 e. The zero-order valence-corrected chi connectivity index (χ0v) is 31.2. The predicted octanol–water partition coefficient (Wildman–Crippen LogP) is 7.68. The predicted molar refractivity (Wildman–Crippen MR) is 202 cm³/mol. The Hall–Kier alpha value is -3.89. The number of esters is 1. The second-order valence-electron chi connectivity index (χ2n) is 13.7. The molecular formula is C41H50O5Si2. The molecule has 2 aliphatic heterocycles. The Labute approximate surface area is 289 Å². The summed E-state index contributed by atoms with van der Waals surface area (Å²) >= 11 is 0. The molecule has 0 aliphatic carbocycles. The van der Waals surface area contributed by atoms with Crippen molar-refractivity contribution in [3.63, 3.8) is 0 Å². The minimum atomic E-state index is -2.82. The van der Waals surface area contributed by atoms with Gasteiger partial charge in [-0.15, -0.1) is 0 Å². The van der Waals surface area contributed by atoms with Crippen molar-refractivity contribution in [2.24, 2.45) is 0 Å². The van der Waals surface area contributed by atoms with Crippen molar-refractivity contribution in [3.05, 3.63) is 143 Å². The first-order valence-electron chi connectivity index (χ1n) is 16.7. The number of epoxide rings is 1. The molecule has 7 heteroatoms. The lowest BCUT2D eigenvalue weighted by molar-refractivity contribution is -0.140. The summed E-state index contributed by atoms with van der Waals surface area (Å²) in [6.07, 6.45) is 11.6. The lowest BCUT2D eigenvalue weighted by atomic mass is 9.96. The molecule has 0 amide bonds. The number of rotatable bonds is 16. The monoisotopic (exact) mass is 678 g/mol. The van der Waals surface area contributed by atoms with Crippen LogP contribution in [0.1, 0.15) is 39.0 Å². The highest BCUT2D eigenvalue weighted by molar-refractivity contribution is 7.01. The molecule has 0 aromatic heterocycles. The van der Waals surface area contributed by atoms with E-state index in [1.165, 1.54) is 28.3 Å². The number of carbonyl (C=O) groups excluding carboxylic acids is 2. The van der Waals surface area contributed by atoms with Gasteiger partial charge in [0.1, 0.15) is 18.5 Å². The Kier molecular flexibility index (Phi) is 12.7.